The van der Waals surface area contributed by atoms with Crippen LogP contribution in [0, 0.1) is 45.8 Å². The first-order valence-corrected chi connectivity index (χ1v) is 9.60. The quantitative estimate of drug-likeness (QED) is 0.608. The maximum atomic E-state index is 9.51. The maximum absolute atomic E-state index is 9.51. The van der Waals surface area contributed by atoms with Gasteiger partial charge in [-0.25, -0.2) is 0 Å². The number of nitriles is 1. The van der Waals surface area contributed by atoms with Crippen LogP contribution >= 0.6 is 0 Å². The fourth-order valence-electron chi connectivity index (χ4n) is 7.91. The Morgan fingerprint density at radius 1 is 1.05 bits per heavy atom. The van der Waals surface area contributed by atoms with E-state index in [-0.39, 0.29) is 16.9 Å². The summed E-state index contributed by atoms with van der Waals surface area (Å²) in [6, 6.07) is 2.59. The van der Waals surface area contributed by atoms with Crippen LogP contribution in [0.2, 0.25) is 0 Å². The molecule has 0 N–H and O–H groups in total. The third kappa shape index (κ3) is 1.46. The van der Waals surface area contributed by atoms with E-state index in [1.165, 1.54) is 44.9 Å². The molecule has 0 aromatic carbocycles. The average Bonchev–Trinajstić information content (AvgIpc) is 3.07. The van der Waals surface area contributed by atoms with Crippen molar-refractivity contribution in [2.75, 3.05) is 0 Å². The number of fused-ring (bicyclic) bond motifs is 4. The lowest BCUT2D eigenvalue weighted by molar-refractivity contribution is -0.108. The lowest BCUT2D eigenvalue weighted by Gasteiger charge is -2.59. The zero-order valence-electron chi connectivity index (χ0n) is 14.1. The first-order valence-electron chi connectivity index (χ1n) is 9.60. The lowest BCUT2D eigenvalue weighted by atomic mass is 9.44. The normalized spacial score (nSPS) is 62.1. The minimum Gasteiger partial charge on any atom is -0.365 e. The standard InChI is InChI=1S/C20H29NO/c1-18-7-3-4-15(18)14-5-9-20-17(22-20)10-13(12-21)11-19(20,2)16(14)6-8-18/h13-17H,3-11H2,1-2H3/t13?,14-,15-,16-,17?,18-,19+,20?/m0/s1. The van der Waals surface area contributed by atoms with E-state index in [0.717, 1.165) is 30.6 Å². The van der Waals surface area contributed by atoms with Crippen molar-refractivity contribution in [3.8, 4) is 6.07 Å². The van der Waals surface area contributed by atoms with E-state index in [1.807, 2.05) is 0 Å². The van der Waals surface area contributed by atoms with Crippen LogP contribution in [-0.2, 0) is 4.74 Å². The first-order chi connectivity index (χ1) is 10.5. The topological polar surface area (TPSA) is 36.3 Å². The van der Waals surface area contributed by atoms with Crippen molar-refractivity contribution < 1.29 is 4.74 Å². The molecule has 1 spiro atoms. The summed E-state index contributed by atoms with van der Waals surface area (Å²) in [5, 5.41) is 9.51. The summed E-state index contributed by atoms with van der Waals surface area (Å²) in [5.74, 6) is 2.93. The van der Waals surface area contributed by atoms with E-state index in [2.05, 4.69) is 19.9 Å². The zero-order chi connectivity index (χ0) is 15.2. The molecular formula is C20H29NO. The van der Waals surface area contributed by atoms with Crippen LogP contribution in [0.3, 0.4) is 0 Å². The Hall–Kier alpha value is -0.550. The Kier molecular flexibility index (Phi) is 2.58. The fourth-order valence-corrected chi connectivity index (χ4v) is 7.91. The minimum absolute atomic E-state index is 0.174. The molecule has 0 radical (unpaired) electrons. The first kappa shape index (κ1) is 13.8. The van der Waals surface area contributed by atoms with E-state index < -0.39 is 0 Å². The highest BCUT2D eigenvalue weighted by atomic mass is 16.6. The SMILES string of the molecule is C[C@@]12CCC[C@H]1[C@@H]1CCC34OC3CC(C#N)C[C@]4(C)[C@H]1CC2. The maximum Gasteiger partial charge on any atom is 0.100 e. The van der Waals surface area contributed by atoms with Crippen molar-refractivity contribution in [2.24, 2.45) is 34.5 Å². The van der Waals surface area contributed by atoms with Crippen LogP contribution in [-0.4, -0.2) is 11.7 Å². The van der Waals surface area contributed by atoms with E-state index in [1.54, 1.807) is 0 Å². The predicted molar refractivity (Wildman–Crippen MR) is 84.9 cm³/mol. The molecule has 4 aliphatic carbocycles. The summed E-state index contributed by atoms with van der Waals surface area (Å²) < 4.78 is 6.34. The Morgan fingerprint density at radius 2 is 1.91 bits per heavy atom. The van der Waals surface area contributed by atoms with Gasteiger partial charge in [-0.15, -0.1) is 0 Å². The molecule has 0 aromatic heterocycles. The number of hydrogen-bond acceptors (Lipinski definition) is 2. The molecule has 0 bridgehead atoms. The van der Waals surface area contributed by atoms with Crippen LogP contribution in [0.15, 0.2) is 0 Å². The van der Waals surface area contributed by atoms with Crippen LogP contribution < -0.4 is 0 Å². The Morgan fingerprint density at radius 3 is 2.73 bits per heavy atom. The van der Waals surface area contributed by atoms with Crippen molar-refractivity contribution >= 4 is 0 Å². The van der Waals surface area contributed by atoms with Crippen LogP contribution in [0.5, 0.6) is 0 Å². The molecule has 3 unspecified atom stereocenters. The molecule has 1 heterocycles. The van der Waals surface area contributed by atoms with E-state index >= 15 is 0 Å². The Balaban J connectivity index is 1.52. The molecule has 120 valence electrons. The van der Waals surface area contributed by atoms with Crippen LogP contribution in [0.4, 0.5) is 0 Å². The largest absolute Gasteiger partial charge is 0.365 e. The summed E-state index contributed by atoms with van der Waals surface area (Å²) in [4.78, 5) is 0. The molecule has 22 heavy (non-hydrogen) atoms. The van der Waals surface area contributed by atoms with E-state index in [9.17, 15) is 5.26 Å². The number of ether oxygens (including phenoxy) is 1. The fraction of sp³-hybridized carbons (Fsp3) is 0.950. The second-order valence-electron chi connectivity index (χ2n) is 9.68. The monoisotopic (exact) mass is 299 g/mol. The molecule has 0 amide bonds. The van der Waals surface area contributed by atoms with Gasteiger partial charge in [0.05, 0.1) is 12.2 Å². The van der Waals surface area contributed by atoms with Crippen molar-refractivity contribution in [2.45, 2.75) is 83.3 Å². The molecule has 5 fully saturated rings. The van der Waals surface area contributed by atoms with Crippen molar-refractivity contribution in [3.63, 3.8) is 0 Å². The molecule has 1 aliphatic heterocycles. The van der Waals surface area contributed by atoms with Gasteiger partial charge in [-0.1, -0.05) is 20.3 Å². The van der Waals surface area contributed by atoms with Crippen LogP contribution in [0.1, 0.15) is 71.6 Å². The number of rotatable bonds is 0. The van der Waals surface area contributed by atoms with Gasteiger partial charge in [0.15, 0.2) is 0 Å². The number of hydrogen-bond donors (Lipinski definition) is 0. The highest BCUT2D eigenvalue weighted by molar-refractivity contribution is 5.24. The van der Waals surface area contributed by atoms with Gasteiger partial charge in [0.1, 0.15) is 5.60 Å². The van der Waals surface area contributed by atoms with Gasteiger partial charge in [0.2, 0.25) is 0 Å². The summed E-state index contributed by atoms with van der Waals surface area (Å²) >= 11 is 0. The van der Waals surface area contributed by atoms with Crippen LogP contribution in [0.25, 0.3) is 0 Å². The zero-order valence-corrected chi connectivity index (χ0v) is 14.1. The van der Waals surface area contributed by atoms with E-state index in [0.29, 0.717) is 11.5 Å². The predicted octanol–water partition coefficient (Wildman–Crippen LogP) is 4.69. The summed E-state index contributed by atoms with van der Waals surface area (Å²) in [5.41, 5.74) is 1.09. The van der Waals surface area contributed by atoms with E-state index in [4.69, 9.17) is 4.74 Å². The second-order valence-corrected chi connectivity index (χ2v) is 9.68. The summed E-state index contributed by atoms with van der Waals surface area (Å²) in [6.45, 7) is 5.08. The number of epoxide rings is 1. The Bertz CT molecular complexity index is 552. The molecule has 1 saturated heterocycles. The minimum atomic E-state index is 0.174. The molecule has 0 aromatic rings. The van der Waals surface area contributed by atoms with Gasteiger partial charge >= 0.3 is 0 Å². The summed E-state index contributed by atoms with van der Waals surface area (Å²) in [7, 11) is 0. The Labute approximate surface area is 134 Å². The van der Waals surface area contributed by atoms with Gasteiger partial charge in [-0.05, 0) is 74.5 Å². The van der Waals surface area contributed by atoms with Gasteiger partial charge < -0.3 is 4.74 Å². The van der Waals surface area contributed by atoms with Gasteiger partial charge in [-0.2, -0.15) is 5.26 Å². The van der Waals surface area contributed by atoms with Gasteiger partial charge in [0.25, 0.3) is 0 Å². The van der Waals surface area contributed by atoms with Crippen molar-refractivity contribution in [1.29, 1.82) is 5.26 Å². The third-order valence-electron chi connectivity index (χ3n) is 9.02. The molecule has 5 rings (SSSR count). The van der Waals surface area contributed by atoms with Crippen molar-refractivity contribution in [1.82, 2.24) is 0 Å². The van der Waals surface area contributed by atoms with Gasteiger partial charge in [0, 0.05) is 11.3 Å². The second kappa shape index (κ2) is 4.10. The molecule has 2 heteroatoms. The highest BCUT2D eigenvalue weighted by Gasteiger charge is 2.74. The molecule has 4 saturated carbocycles. The molecule has 8 atom stereocenters. The third-order valence-corrected chi connectivity index (χ3v) is 9.02. The lowest BCUT2D eigenvalue weighted by Crippen LogP contribution is -2.57. The molecule has 2 nitrogen and oxygen atoms in total. The number of nitrogens with zero attached hydrogens (tertiary/aromatic N) is 1. The molecule has 5 aliphatic rings. The molecular weight excluding hydrogens is 270 g/mol. The smallest absolute Gasteiger partial charge is 0.100 e. The average molecular weight is 299 g/mol. The summed E-state index contributed by atoms with van der Waals surface area (Å²) in [6.07, 6.45) is 12.4. The highest BCUT2D eigenvalue weighted by Crippen LogP contribution is 2.73. The van der Waals surface area contributed by atoms with Crippen molar-refractivity contribution in [3.05, 3.63) is 0 Å². The van der Waals surface area contributed by atoms with Gasteiger partial charge in [-0.3, -0.25) is 0 Å².